The van der Waals surface area contributed by atoms with Crippen LogP contribution in [0, 0.1) is 10.1 Å². The van der Waals surface area contributed by atoms with E-state index in [1.54, 1.807) is 23.1 Å². The summed E-state index contributed by atoms with van der Waals surface area (Å²) in [6.07, 6.45) is 5.78. The molecule has 1 amide bonds. The van der Waals surface area contributed by atoms with Crippen LogP contribution >= 0.6 is 0 Å². The summed E-state index contributed by atoms with van der Waals surface area (Å²) in [4.78, 5) is 24.6. The van der Waals surface area contributed by atoms with Crippen molar-refractivity contribution in [3.8, 4) is 0 Å². The number of carbonyl (C=O) groups excluding carboxylic acids is 1. The summed E-state index contributed by atoms with van der Waals surface area (Å²) >= 11 is 0. The third-order valence-corrected chi connectivity index (χ3v) is 4.20. The first-order valence-electron chi connectivity index (χ1n) is 8.10. The maximum Gasteiger partial charge on any atom is 0.276 e. The maximum absolute atomic E-state index is 12.3. The smallest absolute Gasteiger partial charge is 0.276 e. The van der Waals surface area contributed by atoms with E-state index < -0.39 is 4.92 Å². The van der Waals surface area contributed by atoms with E-state index in [0.29, 0.717) is 18.7 Å². The molecule has 0 spiro atoms. The molecule has 126 valence electrons. The average Bonchev–Trinajstić information content (AvgIpc) is 2.67. The Morgan fingerprint density at radius 1 is 1.08 bits per heavy atom. The summed E-state index contributed by atoms with van der Waals surface area (Å²) in [5.74, 6) is -0.137. The lowest BCUT2D eigenvalue weighted by atomic mass is 9.99. The number of rotatable bonds is 4. The molecule has 0 aromatic heterocycles. The van der Waals surface area contributed by atoms with Crippen molar-refractivity contribution in [3.63, 3.8) is 0 Å². The molecule has 2 aromatic rings. The molecule has 2 aromatic carbocycles. The number of carbonyl (C=O) groups is 1. The molecule has 1 aliphatic heterocycles. The molecule has 0 fully saturated rings. The lowest BCUT2D eigenvalue weighted by Crippen LogP contribution is -2.33. The quantitative estimate of drug-likeness (QED) is 0.483. The van der Waals surface area contributed by atoms with Crippen LogP contribution in [-0.4, -0.2) is 28.8 Å². The Kier molecular flexibility index (Phi) is 5.04. The van der Waals surface area contributed by atoms with Crippen LogP contribution in [0.3, 0.4) is 0 Å². The molecule has 25 heavy (non-hydrogen) atoms. The first-order chi connectivity index (χ1) is 12.1. The van der Waals surface area contributed by atoms with Gasteiger partial charge in [0.1, 0.15) is 0 Å². The summed E-state index contributed by atoms with van der Waals surface area (Å²) in [5, 5.41) is 11.0. The topological polar surface area (TPSA) is 63.4 Å². The molecule has 0 N–H and O–H groups in total. The molecular weight excluding hydrogens is 316 g/mol. The molecule has 1 heterocycles. The van der Waals surface area contributed by atoms with Gasteiger partial charge in [-0.05, 0) is 29.7 Å². The SMILES string of the molecule is O=C(C=Cc1ccccc1[N+](=O)[O-])N1CC=C(c2ccccc2)CC1. The van der Waals surface area contributed by atoms with Crippen molar-refractivity contribution >= 4 is 23.2 Å². The van der Waals surface area contributed by atoms with Gasteiger partial charge in [-0.2, -0.15) is 0 Å². The number of nitro groups is 1. The van der Waals surface area contributed by atoms with Gasteiger partial charge in [-0.15, -0.1) is 0 Å². The highest BCUT2D eigenvalue weighted by atomic mass is 16.6. The normalized spacial score (nSPS) is 14.4. The highest BCUT2D eigenvalue weighted by Crippen LogP contribution is 2.23. The second-order valence-electron chi connectivity index (χ2n) is 5.78. The standard InChI is InChI=1S/C20H18N2O3/c23-20(11-10-18-8-4-5-9-19(18)22(24)25)21-14-12-17(13-15-21)16-6-2-1-3-7-16/h1-12H,13-15H2. The van der Waals surface area contributed by atoms with E-state index in [9.17, 15) is 14.9 Å². The zero-order chi connectivity index (χ0) is 17.6. The van der Waals surface area contributed by atoms with Crippen LogP contribution in [-0.2, 0) is 4.79 Å². The van der Waals surface area contributed by atoms with Crippen molar-refractivity contribution in [3.05, 3.63) is 88.0 Å². The van der Waals surface area contributed by atoms with E-state index in [0.717, 1.165) is 6.42 Å². The minimum Gasteiger partial charge on any atom is -0.335 e. The van der Waals surface area contributed by atoms with Crippen molar-refractivity contribution < 1.29 is 9.72 Å². The van der Waals surface area contributed by atoms with Gasteiger partial charge in [0.15, 0.2) is 0 Å². The van der Waals surface area contributed by atoms with E-state index in [1.807, 2.05) is 18.2 Å². The highest BCUT2D eigenvalue weighted by molar-refractivity contribution is 5.93. The molecule has 5 nitrogen and oxygen atoms in total. The second-order valence-corrected chi connectivity index (χ2v) is 5.78. The second kappa shape index (κ2) is 7.57. The van der Waals surface area contributed by atoms with Crippen LogP contribution < -0.4 is 0 Å². The van der Waals surface area contributed by atoms with Gasteiger partial charge in [-0.1, -0.05) is 48.5 Å². The third-order valence-electron chi connectivity index (χ3n) is 4.20. The highest BCUT2D eigenvalue weighted by Gasteiger charge is 2.16. The summed E-state index contributed by atoms with van der Waals surface area (Å²) in [6, 6.07) is 16.5. The molecule has 0 aliphatic carbocycles. The lowest BCUT2D eigenvalue weighted by molar-refractivity contribution is -0.385. The molecule has 0 bridgehead atoms. The van der Waals surface area contributed by atoms with Crippen LogP contribution in [0.25, 0.3) is 11.6 Å². The van der Waals surface area contributed by atoms with Gasteiger partial charge in [-0.25, -0.2) is 0 Å². The summed E-state index contributed by atoms with van der Waals surface area (Å²) in [7, 11) is 0. The zero-order valence-corrected chi connectivity index (χ0v) is 13.7. The van der Waals surface area contributed by atoms with Crippen LogP contribution in [0.1, 0.15) is 17.5 Å². The van der Waals surface area contributed by atoms with Gasteiger partial charge in [0.25, 0.3) is 5.69 Å². The Labute approximate surface area is 146 Å². The number of hydrogen-bond donors (Lipinski definition) is 0. The fourth-order valence-electron chi connectivity index (χ4n) is 2.84. The maximum atomic E-state index is 12.3. The van der Waals surface area contributed by atoms with Gasteiger partial charge in [0.05, 0.1) is 10.5 Å². The molecule has 1 aliphatic rings. The first-order valence-corrected chi connectivity index (χ1v) is 8.10. The van der Waals surface area contributed by atoms with Crippen molar-refractivity contribution in [2.45, 2.75) is 6.42 Å². The lowest BCUT2D eigenvalue weighted by Gasteiger charge is -2.25. The van der Waals surface area contributed by atoms with Crippen LogP contribution in [0.15, 0.2) is 66.7 Å². The first kappa shape index (κ1) is 16.6. The molecule has 3 rings (SSSR count). The average molecular weight is 334 g/mol. The fraction of sp³-hybridized carbons (Fsp3) is 0.150. The molecule has 0 atom stereocenters. The van der Waals surface area contributed by atoms with E-state index >= 15 is 0 Å². The van der Waals surface area contributed by atoms with Gasteiger partial charge in [-0.3, -0.25) is 14.9 Å². The molecule has 0 saturated heterocycles. The van der Waals surface area contributed by atoms with Crippen molar-refractivity contribution in [1.82, 2.24) is 4.90 Å². The van der Waals surface area contributed by atoms with Gasteiger partial charge < -0.3 is 4.90 Å². The van der Waals surface area contributed by atoms with E-state index in [-0.39, 0.29) is 11.6 Å². The number of para-hydroxylation sites is 1. The Bertz CT molecular complexity index is 841. The molecule has 0 unspecified atom stereocenters. The Hall–Kier alpha value is -3.21. The third kappa shape index (κ3) is 4.01. The summed E-state index contributed by atoms with van der Waals surface area (Å²) in [6.45, 7) is 1.19. The Morgan fingerprint density at radius 3 is 2.48 bits per heavy atom. The van der Waals surface area contributed by atoms with Crippen molar-refractivity contribution in [1.29, 1.82) is 0 Å². The predicted octanol–water partition coefficient (Wildman–Crippen LogP) is 3.92. The van der Waals surface area contributed by atoms with Crippen LogP contribution in [0.4, 0.5) is 5.69 Å². The molecule has 0 radical (unpaired) electrons. The van der Waals surface area contributed by atoms with E-state index in [4.69, 9.17) is 0 Å². The fourth-order valence-corrected chi connectivity index (χ4v) is 2.84. The monoisotopic (exact) mass is 334 g/mol. The van der Waals surface area contributed by atoms with Crippen LogP contribution in [0.5, 0.6) is 0 Å². The Balaban J connectivity index is 1.67. The molecular formula is C20H18N2O3. The minimum absolute atomic E-state index is 0.00328. The van der Waals surface area contributed by atoms with Gasteiger partial charge >= 0.3 is 0 Å². The van der Waals surface area contributed by atoms with Crippen molar-refractivity contribution in [2.75, 3.05) is 13.1 Å². The van der Waals surface area contributed by atoms with Gasteiger partial charge in [0, 0.05) is 25.2 Å². The number of benzene rings is 2. The van der Waals surface area contributed by atoms with E-state index in [1.165, 1.54) is 29.4 Å². The Morgan fingerprint density at radius 2 is 1.80 bits per heavy atom. The summed E-state index contributed by atoms with van der Waals surface area (Å²) < 4.78 is 0. The number of nitro benzene ring substituents is 1. The molecule has 0 saturated carbocycles. The predicted molar refractivity (Wildman–Crippen MR) is 97.7 cm³/mol. The van der Waals surface area contributed by atoms with Gasteiger partial charge in [0.2, 0.25) is 5.91 Å². The van der Waals surface area contributed by atoms with Crippen LogP contribution in [0.2, 0.25) is 0 Å². The minimum atomic E-state index is -0.445. The zero-order valence-electron chi connectivity index (χ0n) is 13.7. The largest absolute Gasteiger partial charge is 0.335 e. The van der Waals surface area contributed by atoms with Crippen molar-refractivity contribution in [2.24, 2.45) is 0 Å². The number of nitrogens with zero attached hydrogens (tertiary/aromatic N) is 2. The van der Waals surface area contributed by atoms with E-state index in [2.05, 4.69) is 18.2 Å². The molecule has 5 heteroatoms. The number of hydrogen-bond acceptors (Lipinski definition) is 3. The summed E-state index contributed by atoms with van der Waals surface area (Å²) in [5.41, 5.74) is 2.85. The number of amides is 1.